The minimum Gasteiger partial charge on any atom is -0.394 e. The van der Waals surface area contributed by atoms with Gasteiger partial charge in [-0.15, -0.1) is 11.3 Å². The summed E-state index contributed by atoms with van der Waals surface area (Å²) < 4.78 is 0. The molecule has 0 aliphatic carbocycles. The summed E-state index contributed by atoms with van der Waals surface area (Å²) in [6, 6.07) is 7.62. The average molecular weight is 325 g/mol. The van der Waals surface area contributed by atoms with E-state index in [4.69, 9.17) is 11.6 Å². The largest absolute Gasteiger partial charge is 0.394 e. The van der Waals surface area contributed by atoms with Crippen LogP contribution in [-0.4, -0.2) is 16.7 Å². The zero-order valence-corrected chi connectivity index (χ0v) is 14.1. The average Bonchev–Trinajstić information content (AvgIpc) is 2.87. The van der Waals surface area contributed by atoms with E-state index in [2.05, 4.69) is 24.1 Å². The second-order valence-electron chi connectivity index (χ2n) is 5.09. The molecule has 0 radical (unpaired) electrons. The van der Waals surface area contributed by atoms with E-state index in [9.17, 15) is 5.11 Å². The molecule has 0 saturated carbocycles. The van der Waals surface area contributed by atoms with Crippen LogP contribution in [0.15, 0.2) is 24.3 Å². The standard InChI is InChI=1S/C16H21ClN2OS/c1-4-15-19-11(3)16(21-15)10(2)18-14(9-20)12-5-7-13(17)8-6-12/h5-8,10,14,18,20H,4,9H2,1-3H3. The molecule has 2 aromatic rings. The first-order chi connectivity index (χ1) is 10.0. The number of rotatable bonds is 6. The van der Waals surface area contributed by atoms with E-state index in [-0.39, 0.29) is 18.7 Å². The molecule has 0 spiro atoms. The SMILES string of the molecule is CCc1nc(C)c(C(C)NC(CO)c2ccc(Cl)cc2)s1. The number of benzene rings is 1. The number of hydrogen-bond acceptors (Lipinski definition) is 4. The van der Waals surface area contributed by atoms with E-state index < -0.39 is 0 Å². The molecule has 2 rings (SSSR count). The lowest BCUT2D eigenvalue weighted by Crippen LogP contribution is -2.27. The van der Waals surface area contributed by atoms with E-state index in [1.807, 2.05) is 31.2 Å². The molecule has 0 amide bonds. The van der Waals surface area contributed by atoms with E-state index >= 15 is 0 Å². The van der Waals surface area contributed by atoms with Crippen LogP contribution in [0.25, 0.3) is 0 Å². The molecule has 3 nitrogen and oxygen atoms in total. The molecule has 0 saturated heterocycles. The number of aryl methyl sites for hydroxylation is 2. The Morgan fingerprint density at radius 3 is 2.52 bits per heavy atom. The predicted octanol–water partition coefficient (Wildman–Crippen LogP) is 4.05. The van der Waals surface area contributed by atoms with Crippen molar-refractivity contribution in [2.75, 3.05) is 6.61 Å². The molecule has 0 fully saturated rings. The topological polar surface area (TPSA) is 45.2 Å². The number of halogens is 1. The van der Waals surface area contributed by atoms with Crippen LogP contribution in [0.5, 0.6) is 0 Å². The van der Waals surface area contributed by atoms with Crippen LogP contribution in [0.3, 0.4) is 0 Å². The van der Waals surface area contributed by atoms with Gasteiger partial charge in [0.1, 0.15) is 0 Å². The summed E-state index contributed by atoms with van der Waals surface area (Å²) in [5, 5.41) is 15.0. The molecule has 1 aromatic heterocycles. The Labute approximate surface area is 135 Å². The molecule has 1 aromatic carbocycles. The fourth-order valence-electron chi connectivity index (χ4n) is 2.35. The minimum absolute atomic E-state index is 0.0461. The van der Waals surface area contributed by atoms with Crippen molar-refractivity contribution in [3.05, 3.63) is 50.4 Å². The second kappa shape index (κ2) is 7.36. The number of thiazole rings is 1. The fraction of sp³-hybridized carbons (Fsp3) is 0.438. The molecule has 114 valence electrons. The molecular weight excluding hydrogens is 304 g/mol. The van der Waals surface area contributed by atoms with Crippen LogP contribution >= 0.6 is 22.9 Å². The summed E-state index contributed by atoms with van der Waals surface area (Å²) >= 11 is 7.65. The third-order valence-electron chi connectivity index (χ3n) is 3.48. The summed E-state index contributed by atoms with van der Waals surface area (Å²) in [4.78, 5) is 5.80. The Morgan fingerprint density at radius 1 is 1.33 bits per heavy atom. The Morgan fingerprint density at radius 2 is 2.00 bits per heavy atom. The highest BCUT2D eigenvalue weighted by molar-refractivity contribution is 7.11. The van der Waals surface area contributed by atoms with Gasteiger partial charge in [0.2, 0.25) is 0 Å². The molecule has 2 unspecified atom stereocenters. The molecule has 2 N–H and O–H groups in total. The van der Waals surface area contributed by atoms with Crippen LogP contribution in [0, 0.1) is 6.92 Å². The van der Waals surface area contributed by atoms with Crippen molar-refractivity contribution in [2.45, 2.75) is 39.3 Å². The first kappa shape index (κ1) is 16.4. The minimum atomic E-state index is -0.108. The number of aromatic nitrogens is 1. The quantitative estimate of drug-likeness (QED) is 0.842. The van der Waals surface area contributed by atoms with Crippen molar-refractivity contribution in [3.63, 3.8) is 0 Å². The van der Waals surface area contributed by atoms with Crippen molar-refractivity contribution in [3.8, 4) is 0 Å². The summed E-state index contributed by atoms with van der Waals surface area (Å²) in [6.07, 6.45) is 0.957. The molecule has 0 bridgehead atoms. The van der Waals surface area contributed by atoms with E-state index in [0.717, 1.165) is 22.7 Å². The lowest BCUT2D eigenvalue weighted by Gasteiger charge is -2.21. The maximum atomic E-state index is 9.66. The third kappa shape index (κ3) is 4.04. The van der Waals surface area contributed by atoms with E-state index in [1.165, 1.54) is 4.88 Å². The fourth-order valence-corrected chi connectivity index (χ4v) is 3.49. The number of nitrogens with one attached hydrogen (secondary N) is 1. The second-order valence-corrected chi connectivity index (χ2v) is 6.64. The van der Waals surface area contributed by atoms with Crippen LogP contribution in [0.4, 0.5) is 0 Å². The van der Waals surface area contributed by atoms with Crippen LogP contribution in [-0.2, 0) is 6.42 Å². The Bertz CT molecular complexity index is 582. The van der Waals surface area contributed by atoms with Gasteiger partial charge >= 0.3 is 0 Å². The molecule has 2 atom stereocenters. The van der Waals surface area contributed by atoms with Gasteiger partial charge in [-0.1, -0.05) is 30.7 Å². The molecule has 0 aliphatic rings. The third-order valence-corrected chi connectivity index (χ3v) is 5.22. The zero-order chi connectivity index (χ0) is 15.4. The van der Waals surface area contributed by atoms with Gasteiger partial charge in [-0.05, 0) is 38.0 Å². The monoisotopic (exact) mass is 324 g/mol. The van der Waals surface area contributed by atoms with Crippen LogP contribution in [0.1, 0.15) is 47.1 Å². The van der Waals surface area contributed by atoms with Gasteiger partial charge in [0.05, 0.1) is 23.4 Å². The number of hydrogen-bond donors (Lipinski definition) is 2. The smallest absolute Gasteiger partial charge is 0.0928 e. The summed E-state index contributed by atoms with van der Waals surface area (Å²) in [7, 11) is 0. The Hall–Kier alpha value is -0.940. The maximum Gasteiger partial charge on any atom is 0.0928 e. The molecule has 1 heterocycles. The number of aliphatic hydroxyl groups is 1. The van der Waals surface area contributed by atoms with Gasteiger partial charge in [-0.2, -0.15) is 0 Å². The molecule has 5 heteroatoms. The van der Waals surface area contributed by atoms with Gasteiger partial charge in [-0.25, -0.2) is 4.98 Å². The maximum absolute atomic E-state index is 9.66. The van der Waals surface area contributed by atoms with Gasteiger partial charge in [0, 0.05) is 15.9 Å². The molecular formula is C16H21ClN2OS. The van der Waals surface area contributed by atoms with Crippen molar-refractivity contribution in [1.29, 1.82) is 0 Å². The number of nitrogens with zero attached hydrogens (tertiary/aromatic N) is 1. The zero-order valence-electron chi connectivity index (χ0n) is 12.6. The Balaban J connectivity index is 2.13. The van der Waals surface area contributed by atoms with Gasteiger partial charge in [-0.3, -0.25) is 0 Å². The van der Waals surface area contributed by atoms with Crippen LogP contribution in [0.2, 0.25) is 5.02 Å². The Kier molecular flexibility index (Phi) is 5.76. The van der Waals surface area contributed by atoms with Gasteiger partial charge in [0.25, 0.3) is 0 Å². The van der Waals surface area contributed by atoms with E-state index in [0.29, 0.717) is 5.02 Å². The van der Waals surface area contributed by atoms with Crippen molar-refractivity contribution >= 4 is 22.9 Å². The first-order valence-electron chi connectivity index (χ1n) is 7.13. The molecule has 21 heavy (non-hydrogen) atoms. The summed E-state index contributed by atoms with van der Waals surface area (Å²) in [6.45, 7) is 6.31. The highest BCUT2D eigenvalue weighted by Gasteiger charge is 2.18. The summed E-state index contributed by atoms with van der Waals surface area (Å²) in [5.41, 5.74) is 2.11. The predicted molar refractivity (Wildman–Crippen MR) is 89.1 cm³/mol. The summed E-state index contributed by atoms with van der Waals surface area (Å²) in [5.74, 6) is 0. The van der Waals surface area contributed by atoms with Crippen molar-refractivity contribution in [2.24, 2.45) is 0 Å². The highest BCUT2D eigenvalue weighted by Crippen LogP contribution is 2.28. The highest BCUT2D eigenvalue weighted by atomic mass is 35.5. The van der Waals surface area contributed by atoms with Crippen molar-refractivity contribution in [1.82, 2.24) is 10.3 Å². The normalized spacial score (nSPS) is 14.1. The molecule has 0 aliphatic heterocycles. The van der Waals surface area contributed by atoms with Crippen molar-refractivity contribution < 1.29 is 5.11 Å². The first-order valence-corrected chi connectivity index (χ1v) is 8.33. The van der Waals surface area contributed by atoms with E-state index in [1.54, 1.807) is 11.3 Å². The van der Waals surface area contributed by atoms with Gasteiger partial charge in [0.15, 0.2) is 0 Å². The lowest BCUT2D eigenvalue weighted by molar-refractivity contribution is 0.236. The number of aliphatic hydroxyl groups excluding tert-OH is 1. The van der Waals surface area contributed by atoms with Gasteiger partial charge < -0.3 is 10.4 Å². The lowest BCUT2D eigenvalue weighted by atomic mass is 10.1. The van der Waals surface area contributed by atoms with Crippen LogP contribution < -0.4 is 5.32 Å².